The highest BCUT2D eigenvalue weighted by atomic mass is 16.7. The largest absolute Gasteiger partial charge is 0.494 e. The van der Waals surface area contributed by atoms with Crippen LogP contribution in [0.4, 0.5) is 11.4 Å². The molecule has 29 heavy (non-hydrogen) atoms. The molecule has 6 nitrogen and oxygen atoms in total. The van der Waals surface area contributed by atoms with Gasteiger partial charge in [0.1, 0.15) is 0 Å². The molecule has 0 atom stereocenters. The highest BCUT2D eigenvalue weighted by Gasteiger charge is 2.51. The molecule has 0 aliphatic carbocycles. The third-order valence-electron chi connectivity index (χ3n) is 6.70. The summed E-state index contributed by atoms with van der Waals surface area (Å²) in [6.45, 7) is 10.5. The first-order valence-electron chi connectivity index (χ1n) is 9.99. The lowest BCUT2D eigenvalue weighted by atomic mass is 9.77. The van der Waals surface area contributed by atoms with Crippen molar-refractivity contribution in [1.29, 1.82) is 0 Å². The van der Waals surface area contributed by atoms with Gasteiger partial charge in [-0.05, 0) is 68.6 Å². The van der Waals surface area contributed by atoms with E-state index in [1.54, 1.807) is 12.1 Å². The van der Waals surface area contributed by atoms with Gasteiger partial charge in [0.15, 0.2) is 0 Å². The van der Waals surface area contributed by atoms with Crippen LogP contribution in [0.2, 0.25) is 0 Å². The summed E-state index contributed by atoms with van der Waals surface area (Å²) in [5.74, 6) is -0.888. The van der Waals surface area contributed by atoms with Gasteiger partial charge in [0.05, 0.1) is 23.4 Å². The van der Waals surface area contributed by atoms with Crippen molar-refractivity contribution in [1.82, 2.24) is 0 Å². The van der Waals surface area contributed by atoms with Crippen LogP contribution in [0.3, 0.4) is 0 Å². The molecule has 2 aromatic rings. The fourth-order valence-electron chi connectivity index (χ4n) is 4.36. The number of hydrogen-bond acceptors (Lipinski definition) is 5. The molecular weight excluding hydrogens is 367 g/mol. The quantitative estimate of drug-likeness (QED) is 0.793. The Bertz CT molecular complexity index is 1000. The smallest absolute Gasteiger partial charge is 0.478 e. The first kappa shape index (κ1) is 18.5. The minimum absolute atomic E-state index is 0.336. The van der Waals surface area contributed by atoms with Crippen molar-refractivity contribution in [2.24, 2.45) is 0 Å². The van der Waals surface area contributed by atoms with Crippen LogP contribution in [0.5, 0.6) is 0 Å². The van der Waals surface area contributed by atoms with Crippen molar-refractivity contribution in [3.05, 3.63) is 53.1 Å². The van der Waals surface area contributed by atoms with E-state index in [1.807, 2.05) is 6.07 Å². The van der Waals surface area contributed by atoms with E-state index in [2.05, 4.69) is 55.7 Å². The average molecular weight is 392 g/mol. The molecule has 0 spiro atoms. The first-order chi connectivity index (χ1) is 13.6. The third-order valence-corrected chi connectivity index (χ3v) is 6.70. The lowest BCUT2D eigenvalue weighted by Crippen LogP contribution is -2.47. The van der Waals surface area contributed by atoms with Gasteiger partial charge in [-0.2, -0.15) is 0 Å². The van der Waals surface area contributed by atoms with Crippen molar-refractivity contribution in [2.45, 2.75) is 52.0 Å². The molecule has 150 valence electrons. The molecule has 0 saturated carbocycles. The fraction of sp³-hybridized carbons (Fsp3) is 0.409. The van der Waals surface area contributed by atoms with E-state index in [-0.39, 0.29) is 18.3 Å². The maximum Gasteiger partial charge on any atom is 0.494 e. The molecule has 2 bridgehead atoms. The Balaban J connectivity index is 1.46. The Labute approximate surface area is 171 Å². The molecule has 1 N–H and O–H groups in total. The van der Waals surface area contributed by atoms with E-state index in [0.29, 0.717) is 12.1 Å². The van der Waals surface area contributed by atoms with Crippen LogP contribution in [0.15, 0.2) is 36.4 Å². The predicted octanol–water partition coefficient (Wildman–Crippen LogP) is 2.98. The summed E-state index contributed by atoms with van der Waals surface area (Å²) in [6.07, 6.45) is 0. The van der Waals surface area contributed by atoms with Crippen molar-refractivity contribution in [3.63, 3.8) is 0 Å². The van der Waals surface area contributed by atoms with Gasteiger partial charge in [0, 0.05) is 24.5 Å². The normalized spacial score (nSPS) is 21.0. The van der Waals surface area contributed by atoms with Crippen LogP contribution < -0.4 is 15.3 Å². The van der Waals surface area contributed by atoms with Crippen molar-refractivity contribution in [2.75, 3.05) is 16.5 Å². The summed E-state index contributed by atoms with van der Waals surface area (Å²) in [5, 5.41) is 9.30. The Hall–Kier alpha value is -2.51. The van der Waals surface area contributed by atoms with Gasteiger partial charge < -0.3 is 24.2 Å². The molecule has 3 aliphatic heterocycles. The van der Waals surface area contributed by atoms with E-state index < -0.39 is 5.97 Å². The molecule has 0 radical (unpaired) electrons. The number of carboxylic acids is 1. The van der Waals surface area contributed by atoms with Crippen molar-refractivity contribution in [3.8, 4) is 0 Å². The second kappa shape index (κ2) is 6.00. The molecule has 5 rings (SSSR count). The van der Waals surface area contributed by atoms with Crippen LogP contribution in [-0.4, -0.2) is 36.1 Å². The van der Waals surface area contributed by atoms with E-state index in [0.717, 1.165) is 29.9 Å². The Morgan fingerprint density at radius 2 is 1.48 bits per heavy atom. The van der Waals surface area contributed by atoms with Crippen LogP contribution >= 0.6 is 0 Å². The number of carbonyl (C=O) groups is 1. The molecule has 2 aromatic carbocycles. The van der Waals surface area contributed by atoms with E-state index >= 15 is 0 Å². The van der Waals surface area contributed by atoms with Crippen LogP contribution in [-0.2, 0) is 22.4 Å². The molecule has 1 saturated heterocycles. The molecule has 3 heterocycles. The SMILES string of the molecule is CC1(C)OB(c2ccc3c(c2)CN2CN3Cc3cc(C(=O)O)ccc32)OC1(C)C. The highest BCUT2D eigenvalue weighted by molar-refractivity contribution is 6.62. The fourth-order valence-corrected chi connectivity index (χ4v) is 4.36. The number of hydrogen-bond donors (Lipinski definition) is 1. The number of carboxylic acid groups (broad SMARTS) is 1. The van der Waals surface area contributed by atoms with Crippen LogP contribution in [0, 0.1) is 0 Å². The zero-order chi connectivity index (χ0) is 20.6. The molecule has 1 fully saturated rings. The number of fused-ring (bicyclic) bond motifs is 6. The van der Waals surface area contributed by atoms with Gasteiger partial charge >= 0.3 is 13.1 Å². The zero-order valence-corrected chi connectivity index (χ0v) is 17.2. The van der Waals surface area contributed by atoms with Crippen LogP contribution in [0.1, 0.15) is 49.2 Å². The minimum atomic E-state index is -0.888. The third kappa shape index (κ3) is 2.83. The van der Waals surface area contributed by atoms with Gasteiger partial charge in [0.25, 0.3) is 0 Å². The number of rotatable bonds is 2. The molecule has 0 aromatic heterocycles. The Kier molecular flexibility index (Phi) is 3.83. The summed E-state index contributed by atoms with van der Waals surface area (Å²) in [7, 11) is -0.373. The van der Waals surface area contributed by atoms with Gasteiger partial charge in [-0.25, -0.2) is 4.79 Å². The minimum Gasteiger partial charge on any atom is -0.478 e. The van der Waals surface area contributed by atoms with Gasteiger partial charge in [0.2, 0.25) is 0 Å². The molecule has 0 amide bonds. The molecular formula is C22H25BN2O4. The summed E-state index contributed by atoms with van der Waals surface area (Å²) >= 11 is 0. The number of benzene rings is 2. The van der Waals surface area contributed by atoms with Crippen molar-refractivity contribution < 1.29 is 19.2 Å². The van der Waals surface area contributed by atoms with Gasteiger partial charge in [-0.3, -0.25) is 0 Å². The van der Waals surface area contributed by atoms with Crippen LogP contribution in [0.25, 0.3) is 0 Å². The predicted molar refractivity (Wildman–Crippen MR) is 113 cm³/mol. The lowest BCUT2D eigenvalue weighted by molar-refractivity contribution is 0.00578. The second-order valence-corrected chi connectivity index (χ2v) is 9.16. The number of anilines is 2. The van der Waals surface area contributed by atoms with Crippen molar-refractivity contribution >= 4 is 29.9 Å². The zero-order valence-electron chi connectivity index (χ0n) is 17.2. The Morgan fingerprint density at radius 1 is 0.931 bits per heavy atom. The monoisotopic (exact) mass is 392 g/mol. The average Bonchev–Trinajstić information content (AvgIpc) is 2.88. The maximum atomic E-state index is 11.3. The second-order valence-electron chi connectivity index (χ2n) is 9.16. The lowest BCUT2D eigenvalue weighted by Gasteiger charge is -2.45. The van der Waals surface area contributed by atoms with Gasteiger partial charge in [-0.1, -0.05) is 12.1 Å². The molecule has 3 aliphatic rings. The highest BCUT2D eigenvalue weighted by Crippen LogP contribution is 2.39. The summed E-state index contributed by atoms with van der Waals surface area (Å²) in [4.78, 5) is 15.9. The summed E-state index contributed by atoms with van der Waals surface area (Å²) < 4.78 is 12.4. The van der Waals surface area contributed by atoms with E-state index in [1.165, 1.54) is 11.3 Å². The molecule has 0 unspecified atom stereocenters. The maximum absolute atomic E-state index is 11.3. The Morgan fingerprint density at radius 3 is 2.07 bits per heavy atom. The summed E-state index contributed by atoms with van der Waals surface area (Å²) in [5.41, 5.74) is 5.23. The number of nitrogens with zero attached hydrogens (tertiary/aromatic N) is 2. The van der Waals surface area contributed by atoms with E-state index in [9.17, 15) is 9.90 Å². The number of aromatic carboxylic acids is 1. The van der Waals surface area contributed by atoms with Gasteiger partial charge in [-0.15, -0.1) is 0 Å². The standard InChI is InChI=1S/C22H25BN2O4/c1-21(2)22(3,4)29-23(28-21)17-6-8-19-16(10-17)12-25-13-24(19)11-15-9-14(20(26)27)5-7-18(15)25/h5-10H,11-13H2,1-4H3,(H,26,27). The first-order valence-corrected chi connectivity index (χ1v) is 9.99. The topological polar surface area (TPSA) is 62.2 Å². The summed E-state index contributed by atoms with van der Waals surface area (Å²) in [6, 6.07) is 11.8. The molecule has 7 heteroatoms. The van der Waals surface area contributed by atoms with E-state index in [4.69, 9.17) is 9.31 Å².